The average Bonchev–Trinajstić information content (AvgIpc) is 2.83. The first-order chi connectivity index (χ1) is 11.0. The number of nitrogens with one attached hydrogen (secondary N) is 2. The summed E-state index contributed by atoms with van der Waals surface area (Å²) in [5.74, 6) is -0.408. The van der Waals surface area contributed by atoms with Crippen LogP contribution in [0.4, 0.5) is 10.1 Å². The summed E-state index contributed by atoms with van der Waals surface area (Å²) in [5.41, 5.74) is 4.21. The molecule has 2 N–H and O–H groups in total. The molecule has 23 heavy (non-hydrogen) atoms. The van der Waals surface area contributed by atoms with Gasteiger partial charge in [0.2, 0.25) is 0 Å². The minimum Gasteiger partial charge on any atom is -0.329 e. The van der Waals surface area contributed by atoms with Crippen LogP contribution in [0.25, 0.3) is 10.2 Å². The fourth-order valence-electron chi connectivity index (χ4n) is 2.68. The monoisotopic (exact) mass is 354 g/mol. The summed E-state index contributed by atoms with van der Waals surface area (Å²) in [4.78, 5) is 12.0. The molecule has 1 fully saturated rings. The maximum atomic E-state index is 14.3. The fourth-order valence-corrected chi connectivity index (χ4v) is 3.97. The van der Waals surface area contributed by atoms with Crippen molar-refractivity contribution in [2.45, 2.75) is 32.7 Å². The van der Waals surface area contributed by atoms with Gasteiger partial charge in [-0.2, -0.15) is 0 Å². The van der Waals surface area contributed by atoms with E-state index in [0.717, 1.165) is 42.8 Å². The van der Waals surface area contributed by atoms with Crippen LogP contribution in [0, 0.1) is 5.82 Å². The van der Waals surface area contributed by atoms with Crippen molar-refractivity contribution in [3.63, 3.8) is 0 Å². The average molecular weight is 354 g/mol. The third kappa shape index (κ3) is 3.24. The predicted molar refractivity (Wildman–Crippen MR) is 96.6 cm³/mol. The highest BCUT2D eigenvalue weighted by molar-refractivity contribution is 7.80. The minimum atomic E-state index is -0.408. The quantitative estimate of drug-likeness (QED) is 0.812. The van der Waals surface area contributed by atoms with Crippen LogP contribution < -0.4 is 15.6 Å². The van der Waals surface area contributed by atoms with Gasteiger partial charge in [-0.05, 0) is 51.0 Å². The van der Waals surface area contributed by atoms with Gasteiger partial charge in [0.15, 0.2) is 5.11 Å². The molecule has 0 atom stereocenters. The zero-order valence-corrected chi connectivity index (χ0v) is 14.7. The first-order valence-electron chi connectivity index (χ1n) is 7.64. The standard InChI is InChI=1S/C15H19FN4OS2/c1-9(2)20-12-8-11(10(16)7-13(12)23-15(20)21)18-14(22)19-6-4-3-5-17-19/h7-9,17H,3-6H2,1-2H3,(H,18,22). The number of thiazole rings is 1. The van der Waals surface area contributed by atoms with Crippen LogP contribution in [0.1, 0.15) is 32.7 Å². The Kier molecular flexibility index (Phi) is 4.65. The summed E-state index contributed by atoms with van der Waals surface area (Å²) in [6, 6.07) is 3.08. The topological polar surface area (TPSA) is 49.3 Å². The molecule has 1 aromatic heterocycles. The van der Waals surface area contributed by atoms with Crippen molar-refractivity contribution in [3.8, 4) is 0 Å². The van der Waals surface area contributed by atoms with E-state index in [9.17, 15) is 9.18 Å². The summed E-state index contributed by atoms with van der Waals surface area (Å²) in [6.07, 6.45) is 2.16. The molecule has 0 saturated carbocycles. The molecule has 5 nitrogen and oxygen atoms in total. The highest BCUT2D eigenvalue weighted by atomic mass is 32.1. The third-order valence-corrected chi connectivity index (χ3v) is 5.06. The zero-order valence-electron chi connectivity index (χ0n) is 13.1. The minimum absolute atomic E-state index is 0.0188. The normalized spacial score (nSPS) is 15.4. The number of aromatic nitrogens is 1. The molecular formula is C15H19FN4OS2. The summed E-state index contributed by atoms with van der Waals surface area (Å²) >= 11 is 6.41. The lowest BCUT2D eigenvalue weighted by Gasteiger charge is -2.30. The number of thiocarbonyl (C=S) groups is 1. The van der Waals surface area contributed by atoms with E-state index in [2.05, 4.69) is 10.7 Å². The number of hydrazine groups is 1. The fraction of sp³-hybridized carbons (Fsp3) is 0.467. The summed E-state index contributed by atoms with van der Waals surface area (Å²) in [7, 11) is 0. The molecule has 3 rings (SSSR count). The number of halogens is 1. The molecule has 0 spiro atoms. The predicted octanol–water partition coefficient (Wildman–Crippen LogP) is 3.08. The van der Waals surface area contributed by atoms with E-state index in [1.165, 1.54) is 6.07 Å². The molecule has 0 amide bonds. The molecule has 124 valence electrons. The number of hydrogen-bond donors (Lipinski definition) is 2. The first-order valence-corrected chi connectivity index (χ1v) is 8.86. The van der Waals surface area contributed by atoms with Crippen LogP contribution in [-0.4, -0.2) is 27.8 Å². The Morgan fingerprint density at radius 2 is 2.22 bits per heavy atom. The van der Waals surface area contributed by atoms with E-state index in [1.54, 1.807) is 10.6 Å². The van der Waals surface area contributed by atoms with Crippen LogP contribution in [0.5, 0.6) is 0 Å². The highest BCUT2D eigenvalue weighted by Crippen LogP contribution is 2.27. The Bertz CT molecular complexity index is 793. The van der Waals surface area contributed by atoms with Crippen molar-refractivity contribution < 1.29 is 4.39 Å². The van der Waals surface area contributed by atoms with Crippen LogP contribution in [0.3, 0.4) is 0 Å². The number of fused-ring (bicyclic) bond motifs is 1. The van der Waals surface area contributed by atoms with Gasteiger partial charge in [0, 0.05) is 19.1 Å². The maximum Gasteiger partial charge on any atom is 0.308 e. The molecule has 2 heterocycles. The molecule has 2 aromatic rings. The molecule has 0 aliphatic carbocycles. The van der Waals surface area contributed by atoms with Crippen LogP contribution in [0.2, 0.25) is 0 Å². The van der Waals surface area contributed by atoms with E-state index < -0.39 is 5.82 Å². The van der Waals surface area contributed by atoms with Crippen LogP contribution in [-0.2, 0) is 0 Å². The van der Waals surface area contributed by atoms with E-state index in [1.807, 2.05) is 18.9 Å². The third-order valence-electron chi connectivity index (χ3n) is 3.82. The molecule has 1 aliphatic heterocycles. The van der Waals surface area contributed by atoms with Crippen molar-refractivity contribution in [2.24, 2.45) is 0 Å². The van der Waals surface area contributed by atoms with E-state index in [4.69, 9.17) is 12.2 Å². The highest BCUT2D eigenvalue weighted by Gasteiger charge is 2.17. The van der Waals surface area contributed by atoms with Crippen molar-refractivity contribution >= 4 is 44.6 Å². The molecule has 0 radical (unpaired) electrons. The van der Waals surface area contributed by atoms with Gasteiger partial charge in [0.25, 0.3) is 0 Å². The van der Waals surface area contributed by atoms with Crippen molar-refractivity contribution in [1.29, 1.82) is 0 Å². The molecule has 8 heteroatoms. The second-order valence-corrected chi connectivity index (χ2v) is 7.21. The van der Waals surface area contributed by atoms with Gasteiger partial charge in [-0.25, -0.2) is 9.82 Å². The Morgan fingerprint density at radius 3 is 2.87 bits per heavy atom. The summed E-state index contributed by atoms with van der Waals surface area (Å²) in [5, 5.41) is 5.22. The van der Waals surface area contributed by atoms with Gasteiger partial charge in [0.05, 0.1) is 15.9 Å². The summed E-state index contributed by atoms with van der Waals surface area (Å²) < 4.78 is 16.6. The number of nitrogens with zero attached hydrogens (tertiary/aromatic N) is 2. The van der Waals surface area contributed by atoms with E-state index in [0.29, 0.717) is 15.5 Å². The molecule has 1 aromatic carbocycles. The lowest BCUT2D eigenvalue weighted by atomic mass is 10.2. The van der Waals surface area contributed by atoms with Crippen LogP contribution >= 0.6 is 23.6 Å². The van der Waals surface area contributed by atoms with Crippen LogP contribution in [0.15, 0.2) is 16.9 Å². The maximum absolute atomic E-state index is 14.3. The van der Waals surface area contributed by atoms with Gasteiger partial charge in [-0.1, -0.05) is 11.3 Å². The van der Waals surface area contributed by atoms with Gasteiger partial charge >= 0.3 is 4.87 Å². The number of benzene rings is 1. The molecule has 1 aliphatic rings. The van der Waals surface area contributed by atoms with Crippen molar-refractivity contribution in [3.05, 3.63) is 27.6 Å². The Hall–Kier alpha value is -1.51. The van der Waals surface area contributed by atoms with E-state index in [-0.39, 0.29) is 10.9 Å². The largest absolute Gasteiger partial charge is 0.329 e. The molecule has 0 unspecified atom stereocenters. The van der Waals surface area contributed by atoms with Gasteiger partial charge < -0.3 is 5.32 Å². The number of rotatable bonds is 2. The Morgan fingerprint density at radius 1 is 1.43 bits per heavy atom. The van der Waals surface area contributed by atoms with Gasteiger partial charge in [-0.15, -0.1) is 0 Å². The Balaban J connectivity index is 1.94. The van der Waals surface area contributed by atoms with Gasteiger partial charge in [0.1, 0.15) is 5.82 Å². The number of anilines is 1. The second-order valence-electron chi connectivity index (χ2n) is 5.83. The lowest BCUT2D eigenvalue weighted by molar-refractivity contribution is 0.261. The zero-order chi connectivity index (χ0) is 16.6. The molecule has 1 saturated heterocycles. The first kappa shape index (κ1) is 16.4. The Labute approximate surface area is 143 Å². The SMILES string of the molecule is CC(C)n1c(=O)sc2cc(F)c(NC(=S)N3CCCCN3)cc21. The smallest absolute Gasteiger partial charge is 0.308 e. The number of hydrogen-bond acceptors (Lipinski definition) is 4. The molecule has 0 bridgehead atoms. The lowest BCUT2D eigenvalue weighted by Crippen LogP contribution is -2.48. The summed E-state index contributed by atoms with van der Waals surface area (Å²) in [6.45, 7) is 5.53. The van der Waals surface area contributed by atoms with E-state index >= 15 is 0 Å². The molecular weight excluding hydrogens is 335 g/mol. The van der Waals surface area contributed by atoms with Crippen molar-refractivity contribution in [2.75, 3.05) is 18.4 Å². The second kappa shape index (κ2) is 6.54. The van der Waals surface area contributed by atoms with Crippen molar-refractivity contribution in [1.82, 2.24) is 15.0 Å². The van der Waals surface area contributed by atoms with Gasteiger partial charge in [-0.3, -0.25) is 14.4 Å².